The zero-order valence-electron chi connectivity index (χ0n) is 18.8. The molecular formula is C26H49N. The molecule has 0 saturated carbocycles. The lowest BCUT2D eigenvalue weighted by atomic mass is 10.0. The molecule has 0 fully saturated rings. The Labute approximate surface area is 171 Å². The maximum absolute atomic E-state index is 3.31. The smallest absolute Gasteiger partial charge is 0.00401 e. The molecule has 0 spiro atoms. The number of aromatic amines is 1. The van der Waals surface area contributed by atoms with E-state index in [-0.39, 0.29) is 0 Å². The van der Waals surface area contributed by atoms with Gasteiger partial charge >= 0.3 is 0 Å². The first-order valence-electron chi connectivity index (χ1n) is 12.5. The quantitative estimate of drug-likeness (QED) is 0.219. The molecule has 0 bridgehead atoms. The molecular weight excluding hydrogens is 326 g/mol. The average molecular weight is 376 g/mol. The molecule has 0 atom stereocenters. The zero-order valence-corrected chi connectivity index (χ0v) is 18.8. The van der Waals surface area contributed by atoms with E-state index < -0.39 is 0 Å². The van der Waals surface area contributed by atoms with E-state index in [1.54, 1.807) is 11.1 Å². The van der Waals surface area contributed by atoms with E-state index in [0.29, 0.717) is 0 Å². The van der Waals surface area contributed by atoms with Crippen LogP contribution in [-0.2, 0) is 12.8 Å². The van der Waals surface area contributed by atoms with Crippen molar-refractivity contribution >= 4 is 0 Å². The highest BCUT2D eigenvalue weighted by atomic mass is 14.6. The van der Waals surface area contributed by atoms with Crippen molar-refractivity contribution in [3.05, 3.63) is 23.5 Å². The number of unbranched alkanes of at least 4 members (excludes halogenated alkanes) is 16. The highest BCUT2D eigenvalue weighted by Crippen LogP contribution is 2.17. The van der Waals surface area contributed by atoms with E-state index in [1.165, 1.54) is 128 Å². The fourth-order valence-corrected chi connectivity index (χ4v) is 4.12. The molecule has 1 heterocycles. The lowest BCUT2D eigenvalue weighted by Gasteiger charge is -2.05. The van der Waals surface area contributed by atoms with Gasteiger partial charge in [0.05, 0.1) is 0 Å². The van der Waals surface area contributed by atoms with Crippen molar-refractivity contribution in [2.75, 3.05) is 0 Å². The Balaban J connectivity index is 1.80. The summed E-state index contributed by atoms with van der Waals surface area (Å²) in [7, 11) is 0. The van der Waals surface area contributed by atoms with Gasteiger partial charge in [0.2, 0.25) is 0 Å². The Morgan fingerprint density at radius 2 is 0.778 bits per heavy atom. The Hall–Kier alpha value is -0.720. The number of hydrogen-bond acceptors (Lipinski definition) is 0. The van der Waals surface area contributed by atoms with Gasteiger partial charge in [-0.05, 0) is 36.8 Å². The lowest BCUT2D eigenvalue weighted by Crippen LogP contribution is -1.91. The van der Waals surface area contributed by atoms with Crippen LogP contribution >= 0.6 is 0 Å². The van der Waals surface area contributed by atoms with Gasteiger partial charge in [0.25, 0.3) is 0 Å². The van der Waals surface area contributed by atoms with Crippen molar-refractivity contribution in [2.24, 2.45) is 0 Å². The highest BCUT2D eigenvalue weighted by Gasteiger charge is 2.03. The third kappa shape index (κ3) is 14.0. The summed E-state index contributed by atoms with van der Waals surface area (Å²) < 4.78 is 0. The Kier molecular flexibility index (Phi) is 16.8. The second-order valence-electron chi connectivity index (χ2n) is 8.66. The minimum absolute atomic E-state index is 1.26. The van der Waals surface area contributed by atoms with Crippen LogP contribution < -0.4 is 0 Å². The van der Waals surface area contributed by atoms with Gasteiger partial charge in [-0.2, -0.15) is 0 Å². The molecule has 0 saturated heterocycles. The second kappa shape index (κ2) is 18.6. The summed E-state index contributed by atoms with van der Waals surface area (Å²) in [5, 5.41) is 0. The molecule has 0 aromatic carbocycles. The molecule has 0 aliphatic rings. The van der Waals surface area contributed by atoms with E-state index in [0.717, 1.165) is 0 Å². The molecule has 0 radical (unpaired) electrons. The van der Waals surface area contributed by atoms with Crippen LogP contribution in [0.25, 0.3) is 0 Å². The van der Waals surface area contributed by atoms with E-state index in [4.69, 9.17) is 0 Å². The molecule has 1 heteroatoms. The maximum Gasteiger partial charge on any atom is 0.00401 e. The molecule has 0 unspecified atom stereocenters. The average Bonchev–Trinajstić information content (AvgIpc) is 3.13. The summed E-state index contributed by atoms with van der Waals surface area (Å²) in [6.45, 7) is 4.58. The van der Waals surface area contributed by atoms with Gasteiger partial charge in [0.15, 0.2) is 0 Å². The van der Waals surface area contributed by atoms with Crippen LogP contribution in [-0.4, -0.2) is 4.98 Å². The third-order valence-corrected chi connectivity index (χ3v) is 6.03. The van der Waals surface area contributed by atoms with Crippen LogP contribution in [0.1, 0.15) is 141 Å². The molecule has 1 aromatic rings. The molecule has 1 rings (SSSR count). The molecule has 27 heavy (non-hydrogen) atoms. The maximum atomic E-state index is 3.31. The monoisotopic (exact) mass is 375 g/mol. The minimum Gasteiger partial charge on any atom is -0.367 e. The van der Waals surface area contributed by atoms with E-state index in [2.05, 4.69) is 31.2 Å². The zero-order chi connectivity index (χ0) is 19.4. The first-order chi connectivity index (χ1) is 13.4. The first-order valence-corrected chi connectivity index (χ1v) is 12.5. The topological polar surface area (TPSA) is 15.8 Å². The summed E-state index contributed by atoms with van der Waals surface area (Å²) in [4.78, 5) is 3.31. The summed E-state index contributed by atoms with van der Waals surface area (Å²) in [5.74, 6) is 0. The predicted molar refractivity (Wildman–Crippen MR) is 123 cm³/mol. The van der Waals surface area contributed by atoms with Crippen molar-refractivity contribution in [3.8, 4) is 0 Å². The first kappa shape index (κ1) is 24.3. The standard InChI is InChI=1S/C26H49N/c1-3-5-7-8-9-10-11-12-13-14-15-16-17-18-19-20-22-26-24-27-23-25(26)21-6-4-2/h23-24,27H,3-22H2,1-2H3. The second-order valence-corrected chi connectivity index (χ2v) is 8.66. The van der Waals surface area contributed by atoms with Gasteiger partial charge in [-0.3, -0.25) is 0 Å². The van der Waals surface area contributed by atoms with E-state index >= 15 is 0 Å². The van der Waals surface area contributed by atoms with E-state index in [1.807, 2.05) is 0 Å². The summed E-state index contributed by atoms with van der Waals surface area (Å²) in [6, 6.07) is 0. The highest BCUT2D eigenvalue weighted by molar-refractivity contribution is 5.23. The van der Waals surface area contributed by atoms with Gasteiger partial charge in [0.1, 0.15) is 0 Å². The van der Waals surface area contributed by atoms with E-state index in [9.17, 15) is 0 Å². The summed E-state index contributed by atoms with van der Waals surface area (Å²) in [5.41, 5.74) is 3.15. The van der Waals surface area contributed by atoms with Crippen LogP contribution in [0.3, 0.4) is 0 Å². The van der Waals surface area contributed by atoms with Gasteiger partial charge in [-0.25, -0.2) is 0 Å². The summed E-state index contributed by atoms with van der Waals surface area (Å²) >= 11 is 0. The Bertz CT molecular complexity index is 406. The molecule has 1 aromatic heterocycles. The molecule has 158 valence electrons. The number of rotatable bonds is 20. The van der Waals surface area contributed by atoms with Crippen LogP contribution in [0.5, 0.6) is 0 Å². The fraction of sp³-hybridized carbons (Fsp3) is 0.846. The molecule has 1 N–H and O–H groups in total. The number of nitrogens with one attached hydrogen (secondary N) is 1. The van der Waals surface area contributed by atoms with Gasteiger partial charge < -0.3 is 4.98 Å². The Morgan fingerprint density at radius 3 is 1.19 bits per heavy atom. The fourth-order valence-electron chi connectivity index (χ4n) is 4.12. The van der Waals surface area contributed by atoms with Gasteiger partial charge in [0, 0.05) is 12.4 Å². The van der Waals surface area contributed by atoms with Crippen molar-refractivity contribution < 1.29 is 0 Å². The molecule has 0 aliphatic heterocycles. The van der Waals surface area contributed by atoms with Crippen molar-refractivity contribution in [1.29, 1.82) is 0 Å². The van der Waals surface area contributed by atoms with Crippen LogP contribution in [0, 0.1) is 0 Å². The van der Waals surface area contributed by atoms with Gasteiger partial charge in [-0.1, -0.05) is 117 Å². The molecule has 0 amide bonds. The van der Waals surface area contributed by atoms with Gasteiger partial charge in [-0.15, -0.1) is 0 Å². The van der Waals surface area contributed by atoms with Crippen molar-refractivity contribution in [2.45, 2.75) is 142 Å². The largest absolute Gasteiger partial charge is 0.367 e. The lowest BCUT2D eigenvalue weighted by molar-refractivity contribution is 0.529. The minimum atomic E-state index is 1.26. The predicted octanol–water partition coefficient (Wildman–Crippen LogP) is 9.16. The van der Waals surface area contributed by atoms with Crippen LogP contribution in [0.15, 0.2) is 12.4 Å². The Morgan fingerprint density at radius 1 is 0.444 bits per heavy atom. The van der Waals surface area contributed by atoms with Crippen molar-refractivity contribution in [1.82, 2.24) is 4.98 Å². The van der Waals surface area contributed by atoms with Crippen LogP contribution in [0.2, 0.25) is 0 Å². The summed E-state index contributed by atoms with van der Waals surface area (Å²) in [6.07, 6.45) is 32.8. The number of H-pyrrole nitrogens is 1. The SMILES string of the molecule is CCCCCCCCCCCCCCCCCCc1c[nH]cc1CCCC. The van der Waals surface area contributed by atoms with Crippen LogP contribution in [0.4, 0.5) is 0 Å². The van der Waals surface area contributed by atoms with Crippen molar-refractivity contribution in [3.63, 3.8) is 0 Å². The number of hydrogen-bond donors (Lipinski definition) is 1. The third-order valence-electron chi connectivity index (χ3n) is 6.03. The molecule has 1 nitrogen and oxygen atoms in total. The normalized spacial score (nSPS) is 11.3. The molecule has 0 aliphatic carbocycles. The number of aromatic nitrogens is 1. The number of aryl methyl sites for hydroxylation is 2.